The van der Waals surface area contributed by atoms with Gasteiger partial charge in [0.25, 0.3) is 0 Å². The van der Waals surface area contributed by atoms with Crippen molar-refractivity contribution in [3.8, 4) is 0 Å². The van der Waals surface area contributed by atoms with Crippen molar-refractivity contribution in [2.24, 2.45) is 0 Å². The number of rotatable bonds is 6. The van der Waals surface area contributed by atoms with Crippen LogP contribution in [0.2, 0.25) is 0 Å². The molecule has 0 amide bonds. The number of aliphatic carboxylic acids is 1. The van der Waals surface area contributed by atoms with Crippen LogP contribution in [-0.4, -0.2) is 19.1 Å². The summed E-state index contributed by atoms with van der Waals surface area (Å²) in [6.07, 6.45) is 0.135. The largest absolute Gasteiger partial charge is 0.550 e. The molecule has 1 aromatic carbocycles. The number of hydrogen-bond acceptors (Lipinski definition) is 2. The molecule has 0 heterocycles. The second kappa shape index (κ2) is 6.19. The van der Waals surface area contributed by atoms with Gasteiger partial charge >= 0.3 is 0 Å². The van der Waals surface area contributed by atoms with Crippen molar-refractivity contribution in [1.29, 1.82) is 0 Å². The molecular weight excluding hydrogens is 190 g/mol. The van der Waals surface area contributed by atoms with E-state index in [9.17, 15) is 9.90 Å². The van der Waals surface area contributed by atoms with Gasteiger partial charge in [-0.15, -0.1) is 0 Å². The third kappa shape index (κ3) is 4.61. The molecule has 0 bridgehead atoms. The van der Waals surface area contributed by atoms with Crippen molar-refractivity contribution >= 4 is 5.97 Å². The average molecular weight is 207 g/mol. The normalized spacial score (nSPS) is 12.3. The van der Waals surface area contributed by atoms with Crippen LogP contribution < -0.4 is 10.0 Å². The third-order valence-electron chi connectivity index (χ3n) is 2.48. The smallest absolute Gasteiger partial charge is 0.103 e. The minimum atomic E-state index is -0.964. The van der Waals surface area contributed by atoms with Crippen LogP contribution in [0.25, 0.3) is 0 Å². The van der Waals surface area contributed by atoms with Gasteiger partial charge in [0.05, 0.1) is 13.1 Å². The molecule has 3 nitrogen and oxygen atoms in total. The van der Waals surface area contributed by atoms with Gasteiger partial charge < -0.3 is 14.8 Å². The standard InChI is InChI=1S/C12H17NO2/c1-2-13(9-8-12(14)15)10-11-6-4-3-5-7-11/h3-7H,2,8-10H2,1H3,(H,14,15). The molecule has 3 heteroatoms. The van der Waals surface area contributed by atoms with Crippen LogP contribution in [0.3, 0.4) is 0 Å². The summed E-state index contributed by atoms with van der Waals surface area (Å²) < 4.78 is 0. The molecule has 15 heavy (non-hydrogen) atoms. The number of benzene rings is 1. The summed E-state index contributed by atoms with van der Waals surface area (Å²) in [5.41, 5.74) is 1.24. The van der Waals surface area contributed by atoms with Gasteiger partial charge in [-0.05, 0) is 6.92 Å². The summed E-state index contributed by atoms with van der Waals surface area (Å²) in [6.45, 7) is 4.51. The molecule has 0 saturated heterocycles. The van der Waals surface area contributed by atoms with E-state index in [0.717, 1.165) is 13.1 Å². The minimum absolute atomic E-state index is 0.135. The SMILES string of the molecule is CC[NH+](CCC(=O)[O-])Cc1ccccc1. The van der Waals surface area contributed by atoms with Crippen molar-refractivity contribution in [2.45, 2.75) is 19.9 Å². The second-order valence-electron chi connectivity index (χ2n) is 3.64. The minimum Gasteiger partial charge on any atom is -0.550 e. The van der Waals surface area contributed by atoms with E-state index in [4.69, 9.17) is 0 Å². The molecule has 0 aliphatic heterocycles. The van der Waals surface area contributed by atoms with Gasteiger partial charge in [-0.2, -0.15) is 0 Å². The van der Waals surface area contributed by atoms with Crippen molar-refractivity contribution in [2.75, 3.05) is 13.1 Å². The molecule has 0 saturated carbocycles. The molecule has 1 rings (SSSR count). The summed E-state index contributed by atoms with van der Waals surface area (Å²) in [5.74, 6) is -0.964. The summed E-state index contributed by atoms with van der Waals surface area (Å²) in [7, 11) is 0. The molecule has 0 fully saturated rings. The van der Waals surface area contributed by atoms with Crippen LogP contribution in [0.1, 0.15) is 18.9 Å². The molecule has 0 aliphatic carbocycles. The summed E-state index contributed by atoms with van der Waals surface area (Å²) in [4.78, 5) is 11.6. The number of carbonyl (C=O) groups excluding carboxylic acids is 1. The zero-order valence-corrected chi connectivity index (χ0v) is 9.03. The monoisotopic (exact) mass is 207 g/mol. The fourth-order valence-corrected chi connectivity index (χ4v) is 1.55. The molecular formula is C12H17NO2. The fourth-order valence-electron chi connectivity index (χ4n) is 1.55. The van der Waals surface area contributed by atoms with Crippen molar-refractivity contribution in [3.05, 3.63) is 35.9 Å². The Balaban J connectivity index is 2.43. The van der Waals surface area contributed by atoms with E-state index in [1.54, 1.807) is 0 Å². The third-order valence-corrected chi connectivity index (χ3v) is 2.48. The van der Waals surface area contributed by atoms with Crippen LogP contribution in [-0.2, 0) is 11.3 Å². The molecule has 82 valence electrons. The van der Waals surface area contributed by atoms with E-state index in [1.165, 1.54) is 10.5 Å². The Hall–Kier alpha value is -1.35. The van der Waals surface area contributed by atoms with E-state index in [0.29, 0.717) is 6.54 Å². The molecule has 0 radical (unpaired) electrons. The molecule has 1 unspecified atom stereocenters. The fraction of sp³-hybridized carbons (Fsp3) is 0.417. The lowest BCUT2D eigenvalue weighted by molar-refractivity contribution is -0.911. The highest BCUT2D eigenvalue weighted by atomic mass is 16.4. The molecule has 1 atom stereocenters. The van der Waals surface area contributed by atoms with E-state index in [1.807, 2.05) is 18.2 Å². The van der Waals surface area contributed by atoms with E-state index in [-0.39, 0.29) is 6.42 Å². The van der Waals surface area contributed by atoms with Crippen LogP contribution >= 0.6 is 0 Å². The van der Waals surface area contributed by atoms with Crippen molar-refractivity contribution < 1.29 is 14.8 Å². The Labute approximate surface area is 90.3 Å². The molecule has 0 aromatic heterocycles. The quantitative estimate of drug-likeness (QED) is 0.666. The van der Waals surface area contributed by atoms with E-state index < -0.39 is 5.97 Å². The molecule has 0 aliphatic rings. The zero-order valence-electron chi connectivity index (χ0n) is 9.03. The predicted molar refractivity (Wildman–Crippen MR) is 56.1 cm³/mol. The Morgan fingerprint density at radius 3 is 2.53 bits per heavy atom. The number of nitrogens with one attached hydrogen (secondary N) is 1. The maximum absolute atomic E-state index is 10.3. The number of hydrogen-bond donors (Lipinski definition) is 1. The lowest BCUT2D eigenvalue weighted by Gasteiger charge is -2.17. The molecule has 1 N–H and O–H groups in total. The van der Waals surface area contributed by atoms with E-state index in [2.05, 4.69) is 19.1 Å². The highest BCUT2D eigenvalue weighted by Crippen LogP contribution is 1.95. The topological polar surface area (TPSA) is 44.6 Å². The summed E-state index contributed by atoms with van der Waals surface area (Å²) in [5, 5.41) is 10.3. The first-order chi connectivity index (χ1) is 7.22. The van der Waals surface area contributed by atoms with Crippen LogP contribution in [0.15, 0.2) is 30.3 Å². The van der Waals surface area contributed by atoms with Gasteiger partial charge in [-0.1, -0.05) is 30.3 Å². The maximum Gasteiger partial charge on any atom is 0.103 e. The van der Waals surface area contributed by atoms with Gasteiger partial charge in [0.1, 0.15) is 6.54 Å². The summed E-state index contributed by atoms with van der Waals surface area (Å²) in [6, 6.07) is 10.1. The van der Waals surface area contributed by atoms with Gasteiger partial charge in [0.15, 0.2) is 0 Å². The first-order valence-electron chi connectivity index (χ1n) is 5.29. The van der Waals surface area contributed by atoms with Gasteiger partial charge in [-0.25, -0.2) is 0 Å². The summed E-state index contributed by atoms with van der Waals surface area (Å²) >= 11 is 0. The van der Waals surface area contributed by atoms with Crippen LogP contribution in [0.5, 0.6) is 0 Å². The maximum atomic E-state index is 10.3. The lowest BCUT2D eigenvalue weighted by atomic mass is 10.2. The number of carboxylic acid groups (broad SMARTS) is 1. The van der Waals surface area contributed by atoms with Crippen molar-refractivity contribution in [1.82, 2.24) is 0 Å². The predicted octanol–water partition coefficient (Wildman–Crippen LogP) is -0.769. The molecule has 1 aromatic rings. The lowest BCUT2D eigenvalue weighted by Crippen LogP contribution is -3.10. The Morgan fingerprint density at radius 2 is 2.00 bits per heavy atom. The number of quaternary nitrogens is 1. The Kier molecular flexibility index (Phi) is 4.84. The number of carbonyl (C=O) groups is 1. The van der Waals surface area contributed by atoms with Crippen LogP contribution in [0.4, 0.5) is 0 Å². The first kappa shape index (κ1) is 11.7. The van der Waals surface area contributed by atoms with Gasteiger partial charge in [0, 0.05) is 18.0 Å². The Bertz CT molecular complexity index is 298. The first-order valence-corrected chi connectivity index (χ1v) is 5.29. The van der Waals surface area contributed by atoms with Crippen LogP contribution in [0, 0.1) is 0 Å². The highest BCUT2D eigenvalue weighted by Gasteiger charge is 2.06. The highest BCUT2D eigenvalue weighted by molar-refractivity contribution is 5.64. The Morgan fingerprint density at radius 1 is 1.33 bits per heavy atom. The van der Waals surface area contributed by atoms with Gasteiger partial charge in [-0.3, -0.25) is 0 Å². The number of carboxylic acids is 1. The zero-order chi connectivity index (χ0) is 11.1. The average Bonchev–Trinajstić information content (AvgIpc) is 2.25. The second-order valence-corrected chi connectivity index (χ2v) is 3.64. The van der Waals surface area contributed by atoms with E-state index >= 15 is 0 Å². The van der Waals surface area contributed by atoms with Gasteiger partial charge in [0.2, 0.25) is 0 Å². The van der Waals surface area contributed by atoms with Crippen molar-refractivity contribution in [3.63, 3.8) is 0 Å². The molecule has 0 spiro atoms.